The molecule has 0 unspecified atom stereocenters. The fourth-order valence-electron chi connectivity index (χ4n) is 2.87. The SMILES string of the molecule is COc1ccc(C(=O)NCCCNc2ccnc3cc(Cl)ccc23)cc1OC. The molecule has 2 N–H and O–H groups in total. The number of ether oxygens (including phenoxy) is 2. The Bertz CT molecular complexity index is 978. The summed E-state index contributed by atoms with van der Waals surface area (Å²) in [4.78, 5) is 16.6. The van der Waals surface area contributed by atoms with Crippen molar-refractivity contribution in [3.63, 3.8) is 0 Å². The number of pyridine rings is 1. The van der Waals surface area contributed by atoms with E-state index in [1.165, 1.54) is 0 Å². The molecule has 0 atom stereocenters. The number of rotatable bonds is 8. The van der Waals surface area contributed by atoms with Crippen molar-refractivity contribution in [3.05, 3.63) is 59.2 Å². The number of benzene rings is 2. The van der Waals surface area contributed by atoms with Gasteiger partial charge in [-0.25, -0.2) is 0 Å². The van der Waals surface area contributed by atoms with Crippen LogP contribution < -0.4 is 20.1 Å². The topological polar surface area (TPSA) is 72.5 Å². The molecule has 0 bridgehead atoms. The molecule has 146 valence electrons. The van der Waals surface area contributed by atoms with Gasteiger partial charge in [0.15, 0.2) is 11.5 Å². The van der Waals surface area contributed by atoms with Crippen LogP contribution in [-0.2, 0) is 0 Å². The number of halogens is 1. The number of hydrogen-bond donors (Lipinski definition) is 2. The predicted molar refractivity (Wildman–Crippen MR) is 112 cm³/mol. The molecule has 0 aliphatic carbocycles. The van der Waals surface area contributed by atoms with E-state index in [0.717, 1.165) is 23.0 Å². The summed E-state index contributed by atoms with van der Waals surface area (Å²) in [6, 6.07) is 12.7. The highest BCUT2D eigenvalue weighted by atomic mass is 35.5. The standard InChI is InChI=1S/C21H22ClN3O3/c1-27-19-7-4-14(12-20(19)28-2)21(26)25-10-3-9-23-17-8-11-24-18-13-15(22)5-6-16(17)18/h4-8,11-13H,3,9-10H2,1-2H3,(H,23,24)(H,25,26). The molecular formula is C21H22ClN3O3. The number of methoxy groups -OCH3 is 2. The third-order valence-electron chi connectivity index (χ3n) is 4.31. The number of carbonyl (C=O) groups is 1. The van der Waals surface area contributed by atoms with Crippen molar-refractivity contribution in [2.45, 2.75) is 6.42 Å². The average molecular weight is 400 g/mol. The maximum absolute atomic E-state index is 12.3. The van der Waals surface area contributed by atoms with Crippen LogP contribution in [0.2, 0.25) is 5.02 Å². The Morgan fingerprint density at radius 3 is 2.64 bits per heavy atom. The van der Waals surface area contributed by atoms with Gasteiger partial charge in [-0.15, -0.1) is 0 Å². The summed E-state index contributed by atoms with van der Waals surface area (Å²) in [7, 11) is 3.10. The lowest BCUT2D eigenvalue weighted by Crippen LogP contribution is -2.25. The van der Waals surface area contributed by atoms with Crippen molar-refractivity contribution >= 4 is 34.1 Å². The Morgan fingerprint density at radius 1 is 1.04 bits per heavy atom. The van der Waals surface area contributed by atoms with E-state index in [4.69, 9.17) is 21.1 Å². The van der Waals surface area contributed by atoms with E-state index >= 15 is 0 Å². The van der Waals surface area contributed by atoms with E-state index in [0.29, 0.717) is 35.2 Å². The third-order valence-corrected chi connectivity index (χ3v) is 4.54. The Balaban J connectivity index is 1.51. The van der Waals surface area contributed by atoms with Crippen LogP contribution in [0.4, 0.5) is 5.69 Å². The second-order valence-corrected chi connectivity index (χ2v) is 6.56. The first kappa shape index (κ1) is 19.8. The molecule has 0 aliphatic heterocycles. The number of nitrogens with zero attached hydrogens (tertiary/aromatic N) is 1. The van der Waals surface area contributed by atoms with Gasteiger partial charge in [-0.2, -0.15) is 0 Å². The van der Waals surface area contributed by atoms with Gasteiger partial charge in [0.05, 0.1) is 19.7 Å². The Kier molecular flexibility index (Phi) is 6.55. The zero-order valence-corrected chi connectivity index (χ0v) is 16.5. The normalized spacial score (nSPS) is 10.5. The van der Waals surface area contributed by atoms with Crippen molar-refractivity contribution in [1.82, 2.24) is 10.3 Å². The maximum Gasteiger partial charge on any atom is 0.251 e. The zero-order chi connectivity index (χ0) is 19.9. The predicted octanol–water partition coefficient (Wildman–Crippen LogP) is 4.14. The lowest BCUT2D eigenvalue weighted by Gasteiger charge is -2.11. The van der Waals surface area contributed by atoms with Gasteiger partial charge in [-0.05, 0) is 48.9 Å². The lowest BCUT2D eigenvalue weighted by molar-refractivity contribution is 0.0953. The minimum absolute atomic E-state index is 0.148. The van der Waals surface area contributed by atoms with Crippen LogP contribution in [0.5, 0.6) is 11.5 Å². The Morgan fingerprint density at radius 2 is 1.86 bits per heavy atom. The molecule has 3 rings (SSSR count). The molecule has 1 heterocycles. The second kappa shape index (κ2) is 9.28. The summed E-state index contributed by atoms with van der Waals surface area (Å²) >= 11 is 6.02. The molecule has 1 amide bonds. The van der Waals surface area contributed by atoms with Gasteiger partial charge in [0.25, 0.3) is 5.91 Å². The number of hydrogen-bond acceptors (Lipinski definition) is 5. The molecule has 6 nitrogen and oxygen atoms in total. The van der Waals surface area contributed by atoms with Crippen LogP contribution in [0.15, 0.2) is 48.7 Å². The highest BCUT2D eigenvalue weighted by Crippen LogP contribution is 2.27. The van der Waals surface area contributed by atoms with Crippen molar-refractivity contribution in [2.75, 3.05) is 32.6 Å². The monoisotopic (exact) mass is 399 g/mol. The third kappa shape index (κ3) is 4.64. The van der Waals surface area contributed by atoms with Crippen molar-refractivity contribution in [2.24, 2.45) is 0 Å². The second-order valence-electron chi connectivity index (χ2n) is 6.13. The minimum Gasteiger partial charge on any atom is -0.493 e. The van der Waals surface area contributed by atoms with E-state index in [9.17, 15) is 4.79 Å². The Hall–Kier alpha value is -2.99. The average Bonchev–Trinajstić information content (AvgIpc) is 2.72. The van der Waals surface area contributed by atoms with Crippen LogP contribution >= 0.6 is 11.6 Å². The van der Waals surface area contributed by atoms with Crippen molar-refractivity contribution in [1.29, 1.82) is 0 Å². The van der Waals surface area contributed by atoms with Crippen LogP contribution in [0.25, 0.3) is 10.9 Å². The van der Waals surface area contributed by atoms with Gasteiger partial charge in [0.2, 0.25) is 0 Å². The van der Waals surface area contributed by atoms with Crippen LogP contribution in [0.3, 0.4) is 0 Å². The molecule has 0 fully saturated rings. The molecule has 2 aromatic carbocycles. The number of aromatic nitrogens is 1. The molecule has 0 radical (unpaired) electrons. The molecule has 3 aromatic rings. The van der Waals surface area contributed by atoms with Gasteiger partial charge in [0.1, 0.15) is 0 Å². The largest absolute Gasteiger partial charge is 0.493 e. The first-order chi connectivity index (χ1) is 13.6. The summed E-state index contributed by atoms with van der Waals surface area (Å²) in [5.74, 6) is 0.973. The lowest BCUT2D eigenvalue weighted by atomic mass is 10.2. The van der Waals surface area contributed by atoms with E-state index in [1.54, 1.807) is 38.6 Å². The number of amides is 1. The number of fused-ring (bicyclic) bond motifs is 1. The smallest absolute Gasteiger partial charge is 0.251 e. The summed E-state index contributed by atoms with van der Waals surface area (Å²) in [6.45, 7) is 1.27. The van der Waals surface area contributed by atoms with Gasteiger partial charge in [-0.1, -0.05) is 11.6 Å². The van der Waals surface area contributed by atoms with Crippen LogP contribution in [0.1, 0.15) is 16.8 Å². The molecule has 28 heavy (non-hydrogen) atoms. The quantitative estimate of drug-likeness (QED) is 0.557. The summed E-state index contributed by atoms with van der Waals surface area (Å²) in [5.41, 5.74) is 2.37. The molecule has 0 spiro atoms. The maximum atomic E-state index is 12.3. The zero-order valence-electron chi connectivity index (χ0n) is 15.8. The molecule has 1 aromatic heterocycles. The van der Waals surface area contributed by atoms with E-state index in [1.807, 2.05) is 24.3 Å². The first-order valence-electron chi connectivity index (χ1n) is 8.90. The fourth-order valence-corrected chi connectivity index (χ4v) is 3.03. The molecule has 7 heteroatoms. The van der Waals surface area contributed by atoms with Crippen LogP contribution in [-0.4, -0.2) is 38.2 Å². The number of anilines is 1. The van der Waals surface area contributed by atoms with E-state index < -0.39 is 0 Å². The highest BCUT2D eigenvalue weighted by Gasteiger charge is 2.10. The van der Waals surface area contributed by atoms with Crippen LogP contribution in [0, 0.1) is 0 Å². The van der Waals surface area contributed by atoms with Crippen molar-refractivity contribution in [3.8, 4) is 11.5 Å². The van der Waals surface area contributed by atoms with Gasteiger partial charge in [0, 0.05) is 40.9 Å². The highest BCUT2D eigenvalue weighted by molar-refractivity contribution is 6.31. The van der Waals surface area contributed by atoms with Gasteiger partial charge >= 0.3 is 0 Å². The molecule has 0 saturated heterocycles. The molecular weight excluding hydrogens is 378 g/mol. The fraction of sp³-hybridized carbons (Fsp3) is 0.238. The van der Waals surface area contributed by atoms with E-state index in [2.05, 4.69) is 15.6 Å². The Labute approximate surface area is 168 Å². The van der Waals surface area contributed by atoms with E-state index in [-0.39, 0.29) is 5.91 Å². The van der Waals surface area contributed by atoms with Crippen molar-refractivity contribution < 1.29 is 14.3 Å². The molecule has 0 aliphatic rings. The number of nitrogens with one attached hydrogen (secondary N) is 2. The minimum atomic E-state index is -0.148. The summed E-state index contributed by atoms with van der Waals surface area (Å²) in [6.07, 6.45) is 2.52. The molecule has 0 saturated carbocycles. The van der Waals surface area contributed by atoms with Gasteiger partial charge < -0.3 is 20.1 Å². The number of carbonyl (C=O) groups excluding carboxylic acids is 1. The van der Waals surface area contributed by atoms with Gasteiger partial charge in [-0.3, -0.25) is 9.78 Å². The first-order valence-corrected chi connectivity index (χ1v) is 9.28. The summed E-state index contributed by atoms with van der Waals surface area (Å²) in [5, 5.41) is 7.97. The summed E-state index contributed by atoms with van der Waals surface area (Å²) < 4.78 is 10.4.